The fourth-order valence-electron chi connectivity index (χ4n) is 2.65. The van der Waals surface area contributed by atoms with Gasteiger partial charge in [-0.2, -0.15) is 13.2 Å². The second kappa shape index (κ2) is 8.98. The molecule has 2 aromatic heterocycles. The summed E-state index contributed by atoms with van der Waals surface area (Å²) in [5, 5.41) is 3.70. The van der Waals surface area contributed by atoms with Crippen LogP contribution in [0, 0.1) is 0 Å². The summed E-state index contributed by atoms with van der Waals surface area (Å²) < 4.78 is 49.9. The number of pyridine rings is 1. The van der Waals surface area contributed by atoms with Gasteiger partial charge in [-0.15, -0.1) is 11.3 Å². The standard InChI is InChI=1S/C19H15ClF3N3O4S/c1-29-11-3-4-12(15(6-11)30-2)14-9-31-18(24-14)25-16(27)8-26-7-10(19(21,22)23)5-13(20)17(26)28/h3-7,9H,8H2,1-2H3,(H,24,25,27). The van der Waals surface area contributed by atoms with Gasteiger partial charge in [0.1, 0.15) is 23.1 Å². The average molecular weight is 474 g/mol. The molecule has 31 heavy (non-hydrogen) atoms. The minimum atomic E-state index is -4.71. The first-order valence-electron chi connectivity index (χ1n) is 8.57. The molecule has 0 saturated heterocycles. The van der Waals surface area contributed by atoms with Crippen LogP contribution >= 0.6 is 22.9 Å². The van der Waals surface area contributed by atoms with E-state index in [1.54, 1.807) is 23.6 Å². The number of ether oxygens (including phenoxy) is 2. The fraction of sp³-hybridized carbons (Fsp3) is 0.211. The van der Waals surface area contributed by atoms with Crippen molar-refractivity contribution in [2.75, 3.05) is 19.5 Å². The Labute approximate surface area is 183 Å². The van der Waals surface area contributed by atoms with E-state index in [-0.39, 0.29) is 5.13 Å². The smallest absolute Gasteiger partial charge is 0.417 e. The summed E-state index contributed by atoms with van der Waals surface area (Å²) in [5.74, 6) is 0.363. The lowest BCUT2D eigenvalue weighted by molar-refractivity contribution is -0.138. The second-order valence-electron chi connectivity index (χ2n) is 6.16. The highest BCUT2D eigenvalue weighted by Gasteiger charge is 2.32. The van der Waals surface area contributed by atoms with Crippen LogP contribution in [0.2, 0.25) is 5.02 Å². The van der Waals surface area contributed by atoms with Gasteiger partial charge in [0.05, 0.1) is 25.5 Å². The molecule has 0 atom stereocenters. The van der Waals surface area contributed by atoms with Gasteiger partial charge in [-0.05, 0) is 18.2 Å². The van der Waals surface area contributed by atoms with Crippen molar-refractivity contribution in [1.82, 2.24) is 9.55 Å². The molecule has 3 aromatic rings. The highest BCUT2D eigenvalue weighted by molar-refractivity contribution is 7.14. The Kier molecular flexibility index (Phi) is 6.56. The Morgan fingerprint density at radius 1 is 1.26 bits per heavy atom. The van der Waals surface area contributed by atoms with Crippen molar-refractivity contribution in [3.8, 4) is 22.8 Å². The number of methoxy groups -OCH3 is 2. The third-order valence-corrected chi connectivity index (χ3v) is 5.15. The van der Waals surface area contributed by atoms with Crippen LogP contribution < -0.4 is 20.3 Å². The number of amides is 1. The molecule has 0 fully saturated rings. The van der Waals surface area contributed by atoms with Gasteiger partial charge in [0.25, 0.3) is 5.56 Å². The van der Waals surface area contributed by atoms with Crippen LogP contribution in [0.15, 0.2) is 40.6 Å². The molecular formula is C19H15ClF3N3O4S. The maximum Gasteiger partial charge on any atom is 0.417 e. The van der Waals surface area contributed by atoms with Crippen LogP contribution in [-0.4, -0.2) is 29.7 Å². The summed E-state index contributed by atoms with van der Waals surface area (Å²) in [5.41, 5.74) is -0.874. The zero-order chi connectivity index (χ0) is 22.8. The molecule has 0 aliphatic carbocycles. The molecule has 2 heterocycles. The summed E-state index contributed by atoms with van der Waals surface area (Å²) in [7, 11) is 3.01. The van der Waals surface area contributed by atoms with Crippen molar-refractivity contribution < 1.29 is 27.4 Å². The third-order valence-electron chi connectivity index (χ3n) is 4.12. The number of aromatic nitrogens is 2. The molecule has 0 saturated carbocycles. The summed E-state index contributed by atoms with van der Waals surface area (Å²) in [6.07, 6.45) is -4.17. The number of thiazole rings is 1. The van der Waals surface area contributed by atoms with Gasteiger partial charge in [-0.3, -0.25) is 9.59 Å². The quantitative estimate of drug-likeness (QED) is 0.577. The van der Waals surface area contributed by atoms with Crippen LogP contribution in [0.1, 0.15) is 5.56 Å². The lowest BCUT2D eigenvalue weighted by Crippen LogP contribution is -2.29. The van der Waals surface area contributed by atoms with Crippen molar-refractivity contribution in [3.63, 3.8) is 0 Å². The number of carbonyl (C=O) groups excluding carboxylic acids is 1. The first-order valence-corrected chi connectivity index (χ1v) is 9.83. The summed E-state index contributed by atoms with van der Waals surface area (Å²) >= 11 is 6.70. The van der Waals surface area contributed by atoms with Crippen LogP contribution in [0.3, 0.4) is 0 Å². The number of halogens is 4. The Bertz CT molecular complexity index is 1180. The minimum absolute atomic E-state index is 0.198. The lowest BCUT2D eigenvalue weighted by atomic mass is 10.1. The molecule has 1 amide bonds. The minimum Gasteiger partial charge on any atom is -0.497 e. The van der Waals surface area contributed by atoms with Gasteiger partial charge in [0.2, 0.25) is 5.91 Å². The van der Waals surface area contributed by atoms with Crippen molar-refractivity contribution >= 4 is 34.0 Å². The maximum atomic E-state index is 12.9. The molecule has 1 aromatic carbocycles. The normalized spacial score (nSPS) is 11.3. The molecule has 3 rings (SSSR count). The lowest BCUT2D eigenvalue weighted by Gasteiger charge is -2.11. The molecule has 0 bridgehead atoms. The number of nitrogens with one attached hydrogen (secondary N) is 1. The van der Waals surface area contributed by atoms with Crippen molar-refractivity contribution in [3.05, 3.63) is 56.8 Å². The second-order valence-corrected chi connectivity index (χ2v) is 7.43. The average Bonchev–Trinajstić information content (AvgIpc) is 3.17. The fourth-order valence-corrected chi connectivity index (χ4v) is 3.60. The molecule has 7 nitrogen and oxygen atoms in total. The van der Waals surface area contributed by atoms with E-state index in [0.29, 0.717) is 39.6 Å². The Balaban J connectivity index is 1.79. The van der Waals surface area contributed by atoms with E-state index in [0.717, 1.165) is 11.3 Å². The summed E-state index contributed by atoms with van der Waals surface area (Å²) in [6, 6.07) is 5.66. The Morgan fingerprint density at radius 2 is 2.00 bits per heavy atom. The highest BCUT2D eigenvalue weighted by atomic mass is 35.5. The molecule has 0 aliphatic heterocycles. The molecule has 0 radical (unpaired) electrons. The zero-order valence-electron chi connectivity index (χ0n) is 16.1. The van der Waals surface area contributed by atoms with E-state index in [1.807, 2.05) is 0 Å². The molecule has 164 valence electrons. The van der Waals surface area contributed by atoms with Gasteiger partial charge in [0, 0.05) is 23.2 Å². The number of alkyl halides is 3. The third kappa shape index (κ3) is 5.17. The summed E-state index contributed by atoms with van der Waals surface area (Å²) in [4.78, 5) is 28.6. The van der Waals surface area contributed by atoms with Gasteiger partial charge < -0.3 is 19.4 Å². The van der Waals surface area contributed by atoms with E-state index < -0.39 is 34.8 Å². The number of rotatable bonds is 6. The number of nitrogens with zero attached hydrogens (tertiary/aromatic N) is 2. The van der Waals surface area contributed by atoms with Crippen LogP contribution in [-0.2, 0) is 17.5 Å². The van der Waals surface area contributed by atoms with Crippen LogP contribution in [0.4, 0.5) is 18.3 Å². The number of anilines is 1. The first-order chi connectivity index (χ1) is 14.6. The predicted molar refractivity (Wildman–Crippen MR) is 110 cm³/mol. The van der Waals surface area contributed by atoms with Crippen molar-refractivity contribution in [1.29, 1.82) is 0 Å². The monoisotopic (exact) mass is 473 g/mol. The number of carbonyl (C=O) groups is 1. The van der Waals surface area contributed by atoms with Gasteiger partial charge >= 0.3 is 6.18 Å². The topological polar surface area (TPSA) is 82.5 Å². The van der Waals surface area contributed by atoms with E-state index in [9.17, 15) is 22.8 Å². The van der Waals surface area contributed by atoms with Gasteiger partial charge in [-0.25, -0.2) is 4.98 Å². The summed E-state index contributed by atoms with van der Waals surface area (Å²) in [6.45, 7) is -0.663. The molecule has 0 aliphatic rings. The number of hydrogen-bond donors (Lipinski definition) is 1. The van der Waals surface area contributed by atoms with E-state index in [1.165, 1.54) is 14.2 Å². The van der Waals surface area contributed by atoms with E-state index in [2.05, 4.69) is 10.3 Å². The molecule has 1 N–H and O–H groups in total. The highest BCUT2D eigenvalue weighted by Crippen LogP contribution is 2.35. The van der Waals surface area contributed by atoms with Crippen molar-refractivity contribution in [2.45, 2.75) is 12.7 Å². The SMILES string of the molecule is COc1ccc(-c2csc(NC(=O)Cn3cc(C(F)(F)F)cc(Cl)c3=O)n2)c(OC)c1. The molecule has 12 heteroatoms. The van der Waals surface area contributed by atoms with Crippen LogP contribution in [0.5, 0.6) is 11.5 Å². The van der Waals surface area contributed by atoms with E-state index in [4.69, 9.17) is 21.1 Å². The maximum absolute atomic E-state index is 12.9. The van der Waals surface area contributed by atoms with Crippen molar-refractivity contribution in [2.24, 2.45) is 0 Å². The Hall–Kier alpha value is -3.05. The Morgan fingerprint density at radius 3 is 2.65 bits per heavy atom. The van der Waals surface area contributed by atoms with Gasteiger partial charge in [-0.1, -0.05) is 11.6 Å². The number of benzene rings is 1. The molecule has 0 spiro atoms. The first kappa shape index (κ1) is 22.6. The van der Waals surface area contributed by atoms with Gasteiger partial charge in [0.15, 0.2) is 5.13 Å². The zero-order valence-corrected chi connectivity index (χ0v) is 17.7. The number of hydrogen-bond acceptors (Lipinski definition) is 6. The molecule has 0 unspecified atom stereocenters. The largest absolute Gasteiger partial charge is 0.497 e. The van der Waals surface area contributed by atoms with Crippen LogP contribution in [0.25, 0.3) is 11.3 Å². The molecular weight excluding hydrogens is 459 g/mol. The van der Waals surface area contributed by atoms with E-state index >= 15 is 0 Å². The predicted octanol–water partition coefficient (Wildman–Crippen LogP) is 4.30.